The van der Waals surface area contributed by atoms with Gasteiger partial charge in [0.15, 0.2) is 0 Å². The Morgan fingerprint density at radius 1 is 1.44 bits per heavy atom. The minimum atomic E-state index is 0.217. The summed E-state index contributed by atoms with van der Waals surface area (Å²) in [7, 11) is 3.57. The summed E-state index contributed by atoms with van der Waals surface area (Å²) < 4.78 is 5.05. The average molecular weight is 257 g/mol. The number of amides is 1. The topological polar surface area (TPSA) is 44.8 Å². The molecule has 1 fully saturated rings. The Hall–Kier alpha value is -0.650. The molecule has 1 atom stereocenters. The van der Waals surface area contributed by atoms with E-state index in [0.717, 1.165) is 39.3 Å². The third kappa shape index (κ3) is 5.80. The van der Waals surface area contributed by atoms with Crippen LogP contribution in [0, 0.1) is 5.92 Å². The van der Waals surface area contributed by atoms with Gasteiger partial charge < -0.3 is 15.0 Å². The zero-order valence-electron chi connectivity index (χ0n) is 11.9. The lowest BCUT2D eigenvalue weighted by Gasteiger charge is -2.29. The van der Waals surface area contributed by atoms with Gasteiger partial charge in [-0.15, -0.1) is 0 Å². The van der Waals surface area contributed by atoms with E-state index in [0.29, 0.717) is 18.9 Å². The first-order valence-electron chi connectivity index (χ1n) is 6.79. The fourth-order valence-corrected chi connectivity index (χ4v) is 2.15. The van der Waals surface area contributed by atoms with E-state index in [1.54, 1.807) is 7.11 Å². The Balaban J connectivity index is 2.18. The number of carbonyl (C=O) groups excluding carboxylic acids is 1. The van der Waals surface area contributed by atoms with Gasteiger partial charge >= 0.3 is 0 Å². The Bertz CT molecular complexity index is 242. The zero-order valence-corrected chi connectivity index (χ0v) is 11.9. The summed E-state index contributed by atoms with van der Waals surface area (Å²) in [6.07, 6.45) is 0.575. The number of piperazine rings is 1. The molecular formula is C13H27N3O2. The van der Waals surface area contributed by atoms with Crippen molar-refractivity contribution >= 4 is 5.91 Å². The Kier molecular flexibility index (Phi) is 7.23. The molecule has 0 saturated carbocycles. The molecule has 0 aliphatic carbocycles. The van der Waals surface area contributed by atoms with Crippen molar-refractivity contribution in [1.29, 1.82) is 0 Å². The average Bonchev–Trinajstić information content (AvgIpc) is 2.37. The van der Waals surface area contributed by atoms with Gasteiger partial charge in [0.1, 0.15) is 0 Å². The third-order valence-corrected chi connectivity index (χ3v) is 3.36. The van der Waals surface area contributed by atoms with Crippen LogP contribution in [0.2, 0.25) is 0 Å². The minimum Gasteiger partial charge on any atom is -0.384 e. The number of nitrogens with zero attached hydrogens (tertiary/aromatic N) is 2. The first kappa shape index (κ1) is 15.4. The van der Waals surface area contributed by atoms with Crippen molar-refractivity contribution in [3.05, 3.63) is 0 Å². The summed E-state index contributed by atoms with van der Waals surface area (Å²) in [6, 6.07) is 0. The first-order valence-corrected chi connectivity index (χ1v) is 6.79. The molecule has 106 valence electrons. The number of likely N-dealkylation sites (N-methyl/N-ethyl adjacent to an activating group) is 1. The van der Waals surface area contributed by atoms with Crippen LogP contribution in [0.1, 0.15) is 13.3 Å². The molecule has 0 aromatic heterocycles. The quantitative estimate of drug-likeness (QED) is 0.698. The second-order valence-electron chi connectivity index (χ2n) is 5.17. The highest BCUT2D eigenvalue weighted by Crippen LogP contribution is 2.05. The van der Waals surface area contributed by atoms with Gasteiger partial charge in [0.05, 0.1) is 0 Å². The second-order valence-corrected chi connectivity index (χ2v) is 5.17. The van der Waals surface area contributed by atoms with E-state index in [9.17, 15) is 4.79 Å². The van der Waals surface area contributed by atoms with E-state index in [1.165, 1.54) is 0 Å². The van der Waals surface area contributed by atoms with Gasteiger partial charge in [-0.05, 0) is 5.92 Å². The Morgan fingerprint density at radius 3 is 2.72 bits per heavy atom. The van der Waals surface area contributed by atoms with Crippen LogP contribution in [0.3, 0.4) is 0 Å². The molecule has 5 nitrogen and oxygen atoms in total. The molecule has 5 heteroatoms. The Morgan fingerprint density at radius 2 is 2.11 bits per heavy atom. The van der Waals surface area contributed by atoms with Crippen LogP contribution in [0.4, 0.5) is 0 Å². The first-order chi connectivity index (χ1) is 8.63. The van der Waals surface area contributed by atoms with E-state index < -0.39 is 0 Å². The number of hydrogen-bond donors (Lipinski definition) is 1. The smallest absolute Gasteiger partial charge is 0.222 e. The largest absolute Gasteiger partial charge is 0.384 e. The van der Waals surface area contributed by atoms with Crippen LogP contribution in [0.15, 0.2) is 0 Å². The fourth-order valence-electron chi connectivity index (χ4n) is 2.15. The highest BCUT2D eigenvalue weighted by atomic mass is 16.5. The number of nitrogens with one attached hydrogen (secondary N) is 1. The summed E-state index contributed by atoms with van der Waals surface area (Å²) in [5.74, 6) is 0.513. The van der Waals surface area contributed by atoms with Crippen molar-refractivity contribution in [1.82, 2.24) is 15.1 Å². The van der Waals surface area contributed by atoms with Gasteiger partial charge in [-0.1, -0.05) is 6.92 Å². The number of carbonyl (C=O) groups is 1. The van der Waals surface area contributed by atoms with Crippen molar-refractivity contribution in [2.24, 2.45) is 5.92 Å². The van der Waals surface area contributed by atoms with Crippen molar-refractivity contribution in [3.63, 3.8) is 0 Å². The lowest BCUT2D eigenvalue weighted by atomic mass is 10.1. The summed E-state index contributed by atoms with van der Waals surface area (Å²) in [5, 5.41) is 3.33. The van der Waals surface area contributed by atoms with Gasteiger partial charge in [-0.25, -0.2) is 0 Å². The maximum absolute atomic E-state index is 11.9. The molecule has 1 saturated heterocycles. The molecule has 1 amide bonds. The molecule has 1 aliphatic rings. The molecule has 0 spiro atoms. The molecule has 0 aromatic rings. The number of rotatable bonds is 7. The number of methoxy groups -OCH3 is 1. The normalized spacial score (nSPS) is 18.6. The lowest BCUT2D eigenvalue weighted by Crippen LogP contribution is -2.46. The lowest BCUT2D eigenvalue weighted by molar-refractivity contribution is -0.131. The highest BCUT2D eigenvalue weighted by molar-refractivity contribution is 5.76. The van der Waals surface area contributed by atoms with Crippen LogP contribution in [0.5, 0.6) is 0 Å². The molecule has 1 heterocycles. The minimum absolute atomic E-state index is 0.217. The van der Waals surface area contributed by atoms with Crippen molar-refractivity contribution in [3.8, 4) is 0 Å². The molecular weight excluding hydrogens is 230 g/mol. The highest BCUT2D eigenvalue weighted by Gasteiger charge is 2.15. The molecule has 1 unspecified atom stereocenters. The number of ether oxygens (including phenoxy) is 1. The second kappa shape index (κ2) is 8.45. The molecule has 18 heavy (non-hydrogen) atoms. The van der Waals surface area contributed by atoms with Gasteiger partial charge in [0, 0.05) is 66.5 Å². The van der Waals surface area contributed by atoms with Crippen molar-refractivity contribution < 1.29 is 9.53 Å². The summed E-state index contributed by atoms with van der Waals surface area (Å²) >= 11 is 0. The van der Waals surface area contributed by atoms with E-state index in [1.807, 2.05) is 18.9 Å². The molecule has 1 N–H and O–H groups in total. The van der Waals surface area contributed by atoms with Crippen LogP contribution in [-0.4, -0.2) is 75.7 Å². The predicted octanol–water partition coefficient (Wildman–Crippen LogP) is 0.0226. The summed E-state index contributed by atoms with van der Waals surface area (Å²) in [4.78, 5) is 16.2. The fraction of sp³-hybridized carbons (Fsp3) is 0.923. The Labute approximate surface area is 110 Å². The van der Waals surface area contributed by atoms with Crippen LogP contribution < -0.4 is 5.32 Å². The predicted molar refractivity (Wildman–Crippen MR) is 72.6 cm³/mol. The van der Waals surface area contributed by atoms with Crippen LogP contribution >= 0.6 is 0 Å². The molecule has 1 rings (SSSR count). The van der Waals surface area contributed by atoms with E-state index in [-0.39, 0.29) is 5.91 Å². The maximum atomic E-state index is 11.9. The van der Waals surface area contributed by atoms with Crippen LogP contribution in [0.25, 0.3) is 0 Å². The van der Waals surface area contributed by atoms with Gasteiger partial charge in [-0.2, -0.15) is 0 Å². The summed E-state index contributed by atoms with van der Waals surface area (Å²) in [5.41, 5.74) is 0. The summed E-state index contributed by atoms with van der Waals surface area (Å²) in [6.45, 7) is 8.78. The van der Waals surface area contributed by atoms with Crippen molar-refractivity contribution in [2.45, 2.75) is 13.3 Å². The van der Waals surface area contributed by atoms with E-state index >= 15 is 0 Å². The monoisotopic (exact) mass is 257 g/mol. The third-order valence-electron chi connectivity index (χ3n) is 3.36. The van der Waals surface area contributed by atoms with Gasteiger partial charge in [0.2, 0.25) is 5.91 Å². The number of hydrogen-bond acceptors (Lipinski definition) is 4. The van der Waals surface area contributed by atoms with Gasteiger partial charge in [0.25, 0.3) is 0 Å². The SMILES string of the molecule is COCC(C)CC(=O)N(C)CCN1CCNCC1. The maximum Gasteiger partial charge on any atom is 0.222 e. The van der Waals surface area contributed by atoms with Crippen LogP contribution in [-0.2, 0) is 9.53 Å². The van der Waals surface area contributed by atoms with Gasteiger partial charge in [-0.3, -0.25) is 9.69 Å². The van der Waals surface area contributed by atoms with Crippen molar-refractivity contribution in [2.75, 3.05) is 60.0 Å². The van der Waals surface area contributed by atoms with E-state index in [4.69, 9.17) is 4.74 Å². The zero-order chi connectivity index (χ0) is 13.4. The van der Waals surface area contributed by atoms with E-state index in [2.05, 4.69) is 10.2 Å². The molecule has 0 bridgehead atoms. The molecule has 1 aliphatic heterocycles. The molecule has 0 radical (unpaired) electrons. The molecule has 0 aromatic carbocycles. The standard InChI is InChI=1S/C13H27N3O2/c1-12(11-18-3)10-13(17)15(2)8-9-16-6-4-14-5-7-16/h12,14H,4-11H2,1-3H3.